The van der Waals surface area contributed by atoms with E-state index < -0.39 is 12.7 Å². The normalized spacial score (nSPS) is 33.9. The monoisotopic (exact) mass is 211 g/mol. The predicted octanol–water partition coefficient (Wildman–Crippen LogP) is 3.72. The third-order valence-electron chi connectivity index (χ3n) is 2.16. The van der Waals surface area contributed by atoms with E-state index in [9.17, 15) is 4.57 Å². The van der Waals surface area contributed by atoms with E-state index in [1.165, 1.54) is 0 Å². The molecule has 0 fully saturated rings. The second kappa shape index (κ2) is 3.25. The largest absolute Gasteiger partial charge is 0.405 e. The zero-order valence-corrected chi connectivity index (χ0v) is 8.63. The summed E-state index contributed by atoms with van der Waals surface area (Å²) in [7, 11) is -1.39. The molecule has 0 bridgehead atoms. The lowest BCUT2D eigenvalue weighted by Gasteiger charge is -2.18. The lowest BCUT2D eigenvalue weighted by molar-refractivity contribution is 0.594. The summed E-state index contributed by atoms with van der Waals surface area (Å²) in [5.41, 5.74) is 0. The van der Waals surface area contributed by atoms with Gasteiger partial charge in [0.2, 0.25) is 0 Å². The van der Waals surface area contributed by atoms with Crippen molar-refractivity contribution in [3.05, 3.63) is 47.6 Å². The predicted molar refractivity (Wildman–Crippen MR) is 56.3 cm³/mol. The van der Waals surface area contributed by atoms with Crippen molar-refractivity contribution >= 4 is 19.4 Å². The molecule has 3 heteroatoms. The summed E-state index contributed by atoms with van der Waals surface area (Å²) in [4.78, 5) is -0.550. The molecule has 1 heterocycles. The maximum atomic E-state index is 11.5. The van der Waals surface area contributed by atoms with Crippen molar-refractivity contribution in [3.63, 3.8) is 0 Å². The molecule has 2 aliphatic rings. The third-order valence-corrected chi connectivity index (χ3v) is 4.24. The van der Waals surface area contributed by atoms with Crippen molar-refractivity contribution in [1.29, 1.82) is 0 Å². The van der Waals surface area contributed by atoms with Crippen molar-refractivity contribution in [3.8, 4) is 0 Å². The van der Waals surface area contributed by atoms with E-state index in [4.69, 9.17) is 11.6 Å². The molecular weight excluding hydrogens is 203 g/mol. The quantitative estimate of drug-likeness (QED) is 0.477. The number of hydrogen-bond acceptors (Lipinski definition) is 1. The summed E-state index contributed by atoms with van der Waals surface area (Å²) in [6, 6.07) is 0. The highest BCUT2D eigenvalue weighted by Gasteiger charge is 2.42. The van der Waals surface area contributed by atoms with Gasteiger partial charge in [0, 0.05) is 0 Å². The Balaban J connectivity index is 2.31. The Bertz CT molecular complexity index is 365. The number of hydrogen-bond donors (Lipinski definition) is 0. The fourth-order valence-corrected chi connectivity index (χ4v) is 3.11. The first-order chi connectivity index (χ1) is 6.22. The second-order valence-corrected chi connectivity index (χ2v) is 5.18. The zero-order chi connectivity index (χ0) is 9.31. The Labute approximate surface area is 83.3 Å². The van der Waals surface area contributed by atoms with Crippen LogP contribution in [0.4, 0.5) is 0 Å². The van der Waals surface area contributed by atoms with Gasteiger partial charge in [-0.05, 0) is 18.6 Å². The molecule has 0 saturated carbocycles. The van der Waals surface area contributed by atoms with E-state index in [0.717, 1.165) is 11.7 Å². The van der Waals surface area contributed by atoms with Crippen molar-refractivity contribution in [2.45, 2.75) is 11.3 Å². The summed E-state index contributed by atoms with van der Waals surface area (Å²) >= 11 is 6.35. The molecule has 0 aromatic heterocycles. The van der Waals surface area contributed by atoms with E-state index in [1.807, 2.05) is 36.5 Å². The Morgan fingerprint density at radius 2 is 2.23 bits per heavy atom. The summed E-state index contributed by atoms with van der Waals surface area (Å²) in [6.45, 7) is 0. The van der Waals surface area contributed by atoms with Crippen molar-refractivity contribution in [2.75, 3.05) is 0 Å². The van der Waals surface area contributed by atoms with E-state index in [1.54, 1.807) is 5.82 Å². The van der Waals surface area contributed by atoms with Gasteiger partial charge in [-0.1, -0.05) is 28.9 Å². The molecular formula is C10H9ClOP+. The van der Waals surface area contributed by atoms with E-state index in [-0.39, 0.29) is 0 Å². The van der Waals surface area contributed by atoms with Gasteiger partial charge in [0.1, 0.15) is 4.87 Å². The minimum absolute atomic E-state index is 0.550. The van der Waals surface area contributed by atoms with Crippen LogP contribution in [0.5, 0.6) is 0 Å². The number of halogens is 1. The molecule has 0 radical (unpaired) electrons. The van der Waals surface area contributed by atoms with Crippen LogP contribution in [0.2, 0.25) is 0 Å². The minimum Gasteiger partial charge on any atom is -0.105 e. The first-order valence-electron chi connectivity index (χ1n) is 4.11. The topological polar surface area (TPSA) is 17.1 Å². The Morgan fingerprint density at radius 3 is 2.77 bits per heavy atom. The number of alkyl halides is 1. The van der Waals surface area contributed by atoms with Crippen molar-refractivity contribution in [2.24, 2.45) is 0 Å². The minimum atomic E-state index is -1.39. The van der Waals surface area contributed by atoms with Crippen molar-refractivity contribution in [1.82, 2.24) is 0 Å². The molecule has 0 N–H and O–H groups in total. The highest BCUT2D eigenvalue weighted by molar-refractivity contribution is 7.53. The third kappa shape index (κ3) is 1.54. The second-order valence-electron chi connectivity index (χ2n) is 3.07. The van der Waals surface area contributed by atoms with Crippen LogP contribution in [0.1, 0.15) is 6.42 Å². The van der Waals surface area contributed by atoms with Gasteiger partial charge in [0.05, 0.1) is 0 Å². The van der Waals surface area contributed by atoms with Crippen LogP contribution in [-0.2, 0) is 4.57 Å². The van der Waals surface area contributed by atoms with Crippen LogP contribution >= 0.6 is 19.4 Å². The van der Waals surface area contributed by atoms with Gasteiger partial charge < -0.3 is 0 Å². The van der Waals surface area contributed by atoms with Crippen LogP contribution in [0.15, 0.2) is 47.6 Å². The van der Waals surface area contributed by atoms with Gasteiger partial charge in [0.25, 0.3) is 0 Å². The molecule has 0 aromatic rings. The van der Waals surface area contributed by atoms with Gasteiger partial charge in [0.15, 0.2) is 11.1 Å². The molecule has 2 atom stereocenters. The molecule has 13 heavy (non-hydrogen) atoms. The summed E-state index contributed by atoms with van der Waals surface area (Å²) in [5.74, 6) is 1.70. The standard InChI is InChI=1S/C10H9ClOP/c11-10(6-2-1-3-7-10)9-5-4-8-13(9)12/h1-6,8H,7H2/q+1. The van der Waals surface area contributed by atoms with Crippen LogP contribution in [0.3, 0.4) is 0 Å². The van der Waals surface area contributed by atoms with Crippen LogP contribution in [-0.4, -0.2) is 4.87 Å². The van der Waals surface area contributed by atoms with Gasteiger partial charge in [-0.25, -0.2) is 0 Å². The SMILES string of the molecule is O=[P+]1C=CC=C1C1(Cl)C=CC=CC1. The molecule has 0 aromatic carbocycles. The first-order valence-corrected chi connectivity index (χ1v) is 5.82. The molecule has 66 valence electrons. The first kappa shape index (κ1) is 8.93. The smallest absolute Gasteiger partial charge is 0.105 e. The van der Waals surface area contributed by atoms with Gasteiger partial charge in [-0.2, -0.15) is 0 Å². The zero-order valence-electron chi connectivity index (χ0n) is 6.98. The van der Waals surface area contributed by atoms with Gasteiger partial charge in [-0.3, -0.25) is 0 Å². The van der Waals surface area contributed by atoms with Crippen LogP contribution in [0.25, 0.3) is 0 Å². The highest BCUT2D eigenvalue weighted by Crippen LogP contribution is 2.50. The molecule has 2 rings (SSSR count). The molecule has 2 unspecified atom stereocenters. The molecule has 0 saturated heterocycles. The van der Waals surface area contributed by atoms with Crippen LogP contribution < -0.4 is 0 Å². The van der Waals surface area contributed by atoms with E-state index >= 15 is 0 Å². The Morgan fingerprint density at radius 1 is 1.38 bits per heavy atom. The van der Waals surface area contributed by atoms with Crippen molar-refractivity contribution < 1.29 is 4.57 Å². The molecule has 1 aliphatic heterocycles. The maximum absolute atomic E-state index is 11.5. The summed E-state index contributed by atoms with van der Waals surface area (Å²) in [6.07, 6.45) is 12.1. The van der Waals surface area contributed by atoms with Gasteiger partial charge in [-0.15, -0.1) is 11.6 Å². The summed E-state index contributed by atoms with van der Waals surface area (Å²) in [5, 5.41) is 0.824. The molecule has 1 aliphatic carbocycles. The lowest BCUT2D eigenvalue weighted by atomic mass is 9.99. The van der Waals surface area contributed by atoms with Gasteiger partial charge >= 0.3 is 7.80 Å². The highest BCUT2D eigenvalue weighted by atomic mass is 35.5. The Hall–Kier alpha value is -0.650. The summed E-state index contributed by atoms with van der Waals surface area (Å²) < 4.78 is 11.5. The maximum Gasteiger partial charge on any atom is 0.405 e. The lowest BCUT2D eigenvalue weighted by Crippen LogP contribution is -2.19. The average molecular weight is 212 g/mol. The molecule has 0 amide bonds. The molecule has 1 nitrogen and oxygen atoms in total. The molecule has 0 spiro atoms. The fourth-order valence-electron chi connectivity index (χ4n) is 1.47. The number of allylic oxidation sites excluding steroid dienone is 7. The Kier molecular flexibility index (Phi) is 2.23. The van der Waals surface area contributed by atoms with E-state index in [0.29, 0.717) is 0 Å². The van der Waals surface area contributed by atoms with Crippen LogP contribution in [0, 0.1) is 0 Å². The number of rotatable bonds is 1. The average Bonchev–Trinajstić information content (AvgIpc) is 2.53. The van der Waals surface area contributed by atoms with E-state index in [2.05, 4.69) is 0 Å². The fraction of sp³-hybridized carbons (Fsp3) is 0.200.